The van der Waals surface area contributed by atoms with Gasteiger partial charge in [-0.25, -0.2) is 0 Å². The molecule has 0 bridgehead atoms. The number of aryl methyl sites for hydroxylation is 2. The maximum atomic E-state index is 12.7. The van der Waals surface area contributed by atoms with Crippen molar-refractivity contribution in [2.24, 2.45) is 23.7 Å². The van der Waals surface area contributed by atoms with Crippen LogP contribution < -0.4 is 0 Å². The topological polar surface area (TPSA) is 34.1 Å². The molecule has 2 heteroatoms. The molecule has 0 spiro atoms. The highest BCUT2D eigenvalue weighted by atomic mass is 16.1. The van der Waals surface area contributed by atoms with E-state index in [4.69, 9.17) is 4.79 Å². The highest BCUT2D eigenvalue weighted by Gasteiger charge is 2.24. The molecule has 0 radical (unpaired) electrons. The van der Waals surface area contributed by atoms with E-state index in [9.17, 15) is 4.79 Å². The van der Waals surface area contributed by atoms with E-state index in [0.29, 0.717) is 18.1 Å². The molecule has 0 N–H and O–H groups in total. The first-order chi connectivity index (χ1) is 20.0. The minimum absolute atomic E-state index is 0.308. The molecule has 2 aromatic carbocycles. The summed E-state index contributed by atoms with van der Waals surface area (Å²) in [6, 6.07) is 15.4. The fourth-order valence-corrected chi connectivity index (χ4v) is 6.75. The second-order valence-corrected chi connectivity index (χ2v) is 11.9. The molecule has 41 heavy (non-hydrogen) atoms. The Morgan fingerprint density at radius 2 is 1.39 bits per heavy atom. The highest BCUT2D eigenvalue weighted by molar-refractivity contribution is 5.96. The first-order valence-corrected chi connectivity index (χ1v) is 17.1. The van der Waals surface area contributed by atoms with Crippen LogP contribution in [0.1, 0.15) is 145 Å². The lowest BCUT2D eigenvalue weighted by molar-refractivity contribution is -0.0980. The highest BCUT2D eigenvalue weighted by Crippen LogP contribution is 2.34. The zero-order valence-electron chi connectivity index (χ0n) is 27.8. The smallest absolute Gasteiger partial charge is 0.163 e. The third-order valence-electron chi connectivity index (χ3n) is 9.14. The molecule has 0 amide bonds. The zero-order valence-corrected chi connectivity index (χ0v) is 27.8. The van der Waals surface area contributed by atoms with Crippen LogP contribution in [0, 0.1) is 23.7 Å². The molecular weight excluding hydrogens is 500 g/mol. The minimum atomic E-state index is 0.308. The van der Waals surface area contributed by atoms with Gasteiger partial charge in [0.1, 0.15) is 6.79 Å². The summed E-state index contributed by atoms with van der Waals surface area (Å²) in [4.78, 5) is 20.7. The van der Waals surface area contributed by atoms with Crippen molar-refractivity contribution < 1.29 is 9.59 Å². The van der Waals surface area contributed by atoms with Crippen molar-refractivity contribution in [3.8, 4) is 0 Å². The van der Waals surface area contributed by atoms with Gasteiger partial charge in [-0.2, -0.15) is 0 Å². The summed E-state index contributed by atoms with van der Waals surface area (Å²) in [6.07, 6.45) is 18.0. The third-order valence-corrected chi connectivity index (χ3v) is 9.14. The lowest BCUT2D eigenvalue weighted by Crippen LogP contribution is -2.18. The van der Waals surface area contributed by atoms with Crippen molar-refractivity contribution in [3.05, 3.63) is 70.3 Å². The molecule has 0 aromatic heterocycles. The van der Waals surface area contributed by atoms with Gasteiger partial charge in [0.25, 0.3) is 0 Å². The van der Waals surface area contributed by atoms with Gasteiger partial charge in [0.05, 0.1) is 0 Å². The number of Topliss-reactive ketones (excluding diaryl/α,β-unsaturated/α-hetero) is 1. The van der Waals surface area contributed by atoms with Gasteiger partial charge in [0.2, 0.25) is 0 Å². The van der Waals surface area contributed by atoms with E-state index in [1.54, 1.807) is 5.56 Å². The Hall–Kier alpha value is -2.22. The van der Waals surface area contributed by atoms with Crippen LogP contribution in [0.4, 0.5) is 0 Å². The maximum absolute atomic E-state index is 12.7. The molecular formula is C39H62O2. The Morgan fingerprint density at radius 3 is 1.93 bits per heavy atom. The number of rotatable bonds is 7. The van der Waals surface area contributed by atoms with E-state index in [0.717, 1.165) is 49.0 Å². The molecule has 2 saturated carbocycles. The van der Waals surface area contributed by atoms with Gasteiger partial charge in [0, 0.05) is 12.0 Å². The number of hydrogen-bond donors (Lipinski definition) is 0. The molecule has 230 valence electrons. The Morgan fingerprint density at radius 1 is 0.756 bits per heavy atom. The molecule has 0 heterocycles. The summed E-state index contributed by atoms with van der Waals surface area (Å²) in [6.45, 7) is 16.8. The van der Waals surface area contributed by atoms with Crippen molar-refractivity contribution in [2.75, 3.05) is 0 Å². The summed E-state index contributed by atoms with van der Waals surface area (Å²) in [5.74, 6) is 3.70. The minimum Gasteiger partial charge on any atom is -0.307 e. The van der Waals surface area contributed by atoms with Gasteiger partial charge < -0.3 is 4.79 Å². The van der Waals surface area contributed by atoms with Crippen LogP contribution in [0.3, 0.4) is 0 Å². The first-order valence-electron chi connectivity index (χ1n) is 17.1. The quantitative estimate of drug-likeness (QED) is 0.314. The van der Waals surface area contributed by atoms with Crippen LogP contribution in [-0.2, 0) is 30.5 Å². The van der Waals surface area contributed by atoms with Crippen molar-refractivity contribution in [2.45, 2.75) is 138 Å². The molecule has 0 saturated heterocycles. The summed E-state index contributed by atoms with van der Waals surface area (Å²) in [7, 11) is 0. The number of hydrogen-bond acceptors (Lipinski definition) is 2. The van der Waals surface area contributed by atoms with Crippen LogP contribution in [0.15, 0.2) is 42.5 Å². The molecule has 2 unspecified atom stereocenters. The maximum Gasteiger partial charge on any atom is 0.163 e. The van der Waals surface area contributed by atoms with E-state index < -0.39 is 0 Å². The number of ketones is 1. The number of carbonyl (C=O) groups is 2. The summed E-state index contributed by atoms with van der Waals surface area (Å²) in [5, 5.41) is 0. The summed E-state index contributed by atoms with van der Waals surface area (Å²) < 4.78 is 0. The zero-order chi connectivity index (χ0) is 30.6. The number of carbonyl (C=O) groups excluding carboxylic acids is 2. The first kappa shape index (κ1) is 36.8. The Balaban J connectivity index is 0.000000547. The van der Waals surface area contributed by atoms with Gasteiger partial charge in [-0.05, 0) is 90.9 Å². The van der Waals surface area contributed by atoms with E-state index in [1.165, 1.54) is 74.5 Å². The van der Waals surface area contributed by atoms with Crippen LogP contribution in [0.5, 0.6) is 0 Å². The van der Waals surface area contributed by atoms with Crippen molar-refractivity contribution >= 4 is 12.6 Å². The van der Waals surface area contributed by atoms with Crippen LogP contribution in [0.25, 0.3) is 0 Å². The molecule has 3 atom stereocenters. The van der Waals surface area contributed by atoms with Crippen LogP contribution in [0.2, 0.25) is 0 Å². The largest absolute Gasteiger partial charge is 0.307 e. The van der Waals surface area contributed by atoms with Crippen molar-refractivity contribution in [3.63, 3.8) is 0 Å². The van der Waals surface area contributed by atoms with Crippen LogP contribution >= 0.6 is 0 Å². The van der Waals surface area contributed by atoms with Crippen molar-refractivity contribution in [1.29, 1.82) is 0 Å². The molecule has 0 aliphatic heterocycles. The second kappa shape index (κ2) is 21.5. The summed E-state index contributed by atoms with van der Waals surface area (Å²) in [5.41, 5.74) is 6.73. The normalized spacial score (nSPS) is 20.9. The van der Waals surface area contributed by atoms with Crippen molar-refractivity contribution in [1.82, 2.24) is 0 Å². The van der Waals surface area contributed by atoms with Gasteiger partial charge in [-0.1, -0.05) is 129 Å². The van der Waals surface area contributed by atoms with E-state index in [2.05, 4.69) is 51.1 Å². The van der Waals surface area contributed by atoms with E-state index in [-0.39, 0.29) is 0 Å². The van der Waals surface area contributed by atoms with Gasteiger partial charge in [-0.15, -0.1) is 0 Å². The number of fused-ring (bicyclic) bond motifs is 1. The monoisotopic (exact) mass is 562 g/mol. The molecule has 3 aliphatic carbocycles. The van der Waals surface area contributed by atoms with Gasteiger partial charge in [-0.3, -0.25) is 4.79 Å². The predicted octanol–water partition coefficient (Wildman–Crippen LogP) is 11.1. The van der Waals surface area contributed by atoms with Gasteiger partial charge >= 0.3 is 0 Å². The fraction of sp³-hybridized carbons (Fsp3) is 0.641. The lowest BCUT2D eigenvalue weighted by Gasteiger charge is -2.25. The molecule has 2 aromatic rings. The standard InChI is InChI=1S/C27H34O.C7H14.2C2H6.CH2O/c1-3-20-6-10-24(11-7-20)27(28)18-23-9-13-25-16-22(8-12-26(25)17-23)15-21-5-4-19(2)14-21;1-2-7-5-3-4-6-7;3*1-2/h6-8,10-12,16,19,21,23H,3-5,9,13-15,17-18H2,1-2H3;7H,2-6H2,1H3;2*1-2H3;1H2/t19?,21?,23-;;;;/m0..../s1. The van der Waals surface area contributed by atoms with Gasteiger partial charge in [0.15, 0.2) is 5.78 Å². The van der Waals surface area contributed by atoms with Crippen LogP contribution in [-0.4, -0.2) is 12.6 Å². The third kappa shape index (κ3) is 12.7. The average Bonchev–Trinajstić information content (AvgIpc) is 3.72. The SMILES string of the molecule is C=O.CC.CC.CCC1CCCC1.CCc1ccc(C(=O)C[C@H]2CCc3cc(CC4CCC(C)C4)ccc3C2)cc1. The Labute approximate surface area is 254 Å². The number of benzene rings is 2. The lowest BCUT2D eigenvalue weighted by atomic mass is 9.79. The molecule has 5 rings (SSSR count). The molecule has 3 aliphatic rings. The average molecular weight is 563 g/mol. The molecule has 2 nitrogen and oxygen atoms in total. The molecule has 2 fully saturated rings. The summed E-state index contributed by atoms with van der Waals surface area (Å²) >= 11 is 0. The van der Waals surface area contributed by atoms with E-state index in [1.807, 2.05) is 46.6 Å². The Bertz CT molecular complexity index is 954. The fourth-order valence-electron chi connectivity index (χ4n) is 6.75. The van der Waals surface area contributed by atoms with E-state index >= 15 is 0 Å². The predicted molar refractivity (Wildman–Crippen MR) is 179 cm³/mol. The Kier molecular flexibility index (Phi) is 19.3. The second-order valence-electron chi connectivity index (χ2n) is 11.9.